The van der Waals surface area contributed by atoms with Gasteiger partial charge in [0.1, 0.15) is 11.6 Å². The van der Waals surface area contributed by atoms with E-state index in [9.17, 15) is 8.42 Å². The van der Waals surface area contributed by atoms with Crippen LogP contribution < -0.4 is 10.0 Å². The number of anilines is 1. The van der Waals surface area contributed by atoms with Crippen LogP contribution in [0.4, 0.5) is 5.82 Å². The summed E-state index contributed by atoms with van der Waals surface area (Å²) in [5, 5.41) is 15.9. The highest BCUT2D eigenvalue weighted by atomic mass is 32.2. The minimum absolute atomic E-state index is 0.0259. The Morgan fingerprint density at radius 2 is 1.83 bits per heavy atom. The van der Waals surface area contributed by atoms with E-state index >= 15 is 0 Å². The molecule has 11 heteroatoms. The first kappa shape index (κ1) is 21.9. The van der Waals surface area contributed by atoms with Crippen LogP contribution in [0.5, 0.6) is 0 Å². The molecular formula is C19H28N8O2S. The number of nitrogens with zero attached hydrogens (tertiary/aromatic N) is 6. The molecule has 0 aliphatic heterocycles. The van der Waals surface area contributed by atoms with Crippen LogP contribution in [0.25, 0.3) is 5.82 Å². The summed E-state index contributed by atoms with van der Waals surface area (Å²) >= 11 is 0. The van der Waals surface area contributed by atoms with Crippen LogP contribution in [0.3, 0.4) is 0 Å². The van der Waals surface area contributed by atoms with Gasteiger partial charge >= 0.3 is 0 Å². The van der Waals surface area contributed by atoms with Gasteiger partial charge in [0, 0.05) is 37.9 Å². The van der Waals surface area contributed by atoms with Crippen LogP contribution in [-0.2, 0) is 17.1 Å². The number of nitrogens with one attached hydrogen (secondary N) is 2. The predicted molar refractivity (Wildman–Crippen MR) is 114 cm³/mol. The summed E-state index contributed by atoms with van der Waals surface area (Å²) in [6.45, 7) is 10.5. The van der Waals surface area contributed by atoms with Crippen molar-refractivity contribution in [3.05, 3.63) is 41.1 Å². The summed E-state index contributed by atoms with van der Waals surface area (Å²) in [7, 11) is -1.88. The van der Waals surface area contributed by atoms with Crippen LogP contribution in [0.15, 0.2) is 23.4 Å². The average Bonchev–Trinajstić information content (AvgIpc) is 3.22. The molecule has 0 aromatic carbocycles. The molecule has 0 aliphatic carbocycles. The Morgan fingerprint density at radius 3 is 2.37 bits per heavy atom. The summed E-state index contributed by atoms with van der Waals surface area (Å²) in [4.78, 5) is 4.23. The van der Waals surface area contributed by atoms with Crippen molar-refractivity contribution in [2.24, 2.45) is 7.05 Å². The molecule has 2 N–H and O–H groups in total. The molecular weight excluding hydrogens is 404 g/mol. The molecule has 3 aromatic rings. The zero-order valence-corrected chi connectivity index (χ0v) is 18.9. The van der Waals surface area contributed by atoms with Gasteiger partial charge in [-0.2, -0.15) is 5.10 Å². The maximum atomic E-state index is 12.4. The Balaban J connectivity index is 1.56. The third kappa shape index (κ3) is 4.51. The molecule has 0 bridgehead atoms. The Bertz CT molecular complexity index is 1130. The second-order valence-electron chi connectivity index (χ2n) is 7.51. The van der Waals surface area contributed by atoms with Gasteiger partial charge in [0.15, 0.2) is 10.8 Å². The first-order chi connectivity index (χ1) is 14.1. The van der Waals surface area contributed by atoms with Crippen LogP contribution in [0.1, 0.15) is 42.5 Å². The van der Waals surface area contributed by atoms with Gasteiger partial charge in [0.25, 0.3) is 10.0 Å². The van der Waals surface area contributed by atoms with E-state index in [0.29, 0.717) is 18.2 Å². The molecule has 0 unspecified atom stereocenters. The normalized spacial score (nSPS) is 12.0. The molecule has 0 amide bonds. The molecule has 10 nitrogen and oxygen atoms in total. The molecule has 3 rings (SSSR count). The number of sulfonamides is 1. The summed E-state index contributed by atoms with van der Waals surface area (Å²) in [6.07, 6.45) is 1.52. The molecule has 3 aromatic heterocycles. The number of aryl methyl sites for hydroxylation is 2. The van der Waals surface area contributed by atoms with Crippen LogP contribution in [-0.4, -0.2) is 51.0 Å². The molecule has 0 fully saturated rings. The fraction of sp³-hybridized carbons (Fsp3) is 0.474. The van der Waals surface area contributed by atoms with Crippen LogP contribution in [0, 0.1) is 20.8 Å². The fourth-order valence-electron chi connectivity index (χ4n) is 3.04. The van der Waals surface area contributed by atoms with Crippen molar-refractivity contribution in [1.29, 1.82) is 0 Å². The molecule has 0 spiro atoms. The van der Waals surface area contributed by atoms with E-state index in [1.54, 1.807) is 22.4 Å². The molecule has 0 radical (unpaired) electrons. The van der Waals surface area contributed by atoms with E-state index in [-0.39, 0.29) is 17.5 Å². The number of aromatic nitrogens is 6. The van der Waals surface area contributed by atoms with Gasteiger partial charge < -0.3 is 9.88 Å². The van der Waals surface area contributed by atoms with Crippen LogP contribution >= 0.6 is 0 Å². The Labute approximate surface area is 176 Å². The third-order valence-electron chi connectivity index (χ3n) is 4.93. The van der Waals surface area contributed by atoms with Gasteiger partial charge in [-0.05, 0) is 38.5 Å². The maximum absolute atomic E-state index is 12.4. The first-order valence-electron chi connectivity index (χ1n) is 9.74. The van der Waals surface area contributed by atoms with Gasteiger partial charge in [-0.3, -0.25) is 0 Å². The minimum atomic E-state index is -3.67. The maximum Gasteiger partial charge on any atom is 0.259 e. The molecule has 0 saturated carbocycles. The van der Waals surface area contributed by atoms with E-state index in [1.807, 2.05) is 40.7 Å². The van der Waals surface area contributed by atoms with Crippen LogP contribution in [0.2, 0.25) is 0 Å². The number of imidazole rings is 1. The lowest BCUT2D eigenvalue weighted by Crippen LogP contribution is -2.29. The van der Waals surface area contributed by atoms with E-state index in [4.69, 9.17) is 0 Å². The van der Waals surface area contributed by atoms with E-state index in [0.717, 1.165) is 22.8 Å². The molecule has 0 atom stereocenters. The summed E-state index contributed by atoms with van der Waals surface area (Å²) < 4.78 is 30.9. The second kappa shape index (κ2) is 8.52. The van der Waals surface area contributed by atoms with Gasteiger partial charge in [-0.15, -0.1) is 10.2 Å². The second-order valence-corrected chi connectivity index (χ2v) is 9.23. The monoisotopic (exact) mass is 432 g/mol. The molecule has 0 aliphatic rings. The first-order valence-corrected chi connectivity index (χ1v) is 11.2. The SMILES string of the molecule is Cc1nn(-c2ccc(NCCNS(=O)(=O)c3cn(C)c(C(C)C)n3)nn2)c(C)c1C. The quantitative estimate of drug-likeness (QED) is 0.521. The lowest BCUT2D eigenvalue weighted by molar-refractivity contribution is 0.579. The third-order valence-corrected chi connectivity index (χ3v) is 6.26. The highest BCUT2D eigenvalue weighted by Crippen LogP contribution is 2.16. The van der Waals surface area contributed by atoms with Crippen molar-refractivity contribution in [3.8, 4) is 5.82 Å². The largest absolute Gasteiger partial charge is 0.367 e. The number of hydrogen-bond donors (Lipinski definition) is 2. The summed E-state index contributed by atoms with van der Waals surface area (Å²) in [5.41, 5.74) is 3.10. The van der Waals surface area contributed by atoms with Crippen molar-refractivity contribution in [2.45, 2.75) is 45.6 Å². The number of hydrogen-bond acceptors (Lipinski definition) is 7. The van der Waals surface area contributed by atoms with Gasteiger partial charge in [0.05, 0.1) is 5.69 Å². The molecule has 162 valence electrons. The Kier molecular flexibility index (Phi) is 6.22. The number of rotatable bonds is 8. The highest BCUT2D eigenvalue weighted by molar-refractivity contribution is 7.89. The Morgan fingerprint density at radius 1 is 1.10 bits per heavy atom. The minimum Gasteiger partial charge on any atom is -0.367 e. The van der Waals surface area contributed by atoms with E-state index in [2.05, 4.69) is 30.3 Å². The molecule has 0 saturated heterocycles. The van der Waals surface area contributed by atoms with Gasteiger partial charge in [-0.25, -0.2) is 22.8 Å². The van der Waals surface area contributed by atoms with Crippen molar-refractivity contribution in [1.82, 2.24) is 34.3 Å². The van der Waals surface area contributed by atoms with Crippen molar-refractivity contribution < 1.29 is 8.42 Å². The van der Waals surface area contributed by atoms with Gasteiger partial charge in [-0.1, -0.05) is 13.8 Å². The van der Waals surface area contributed by atoms with E-state index in [1.165, 1.54) is 6.20 Å². The summed E-state index contributed by atoms with van der Waals surface area (Å²) in [5.74, 6) is 2.05. The topological polar surface area (TPSA) is 120 Å². The molecule has 30 heavy (non-hydrogen) atoms. The van der Waals surface area contributed by atoms with Gasteiger partial charge in [0.2, 0.25) is 0 Å². The zero-order chi connectivity index (χ0) is 22.1. The van der Waals surface area contributed by atoms with Crippen molar-refractivity contribution >= 4 is 15.8 Å². The Hall–Kier alpha value is -2.79. The van der Waals surface area contributed by atoms with Crippen molar-refractivity contribution in [2.75, 3.05) is 18.4 Å². The van der Waals surface area contributed by atoms with Crippen molar-refractivity contribution in [3.63, 3.8) is 0 Å². The highest BCUT2D eigenvalue weighted by Gasteiger charge is 2.20. The van der Waals surface area contributed by atoms with E-state index < -0.39 is 10.0 Å². The zero-order valence-electron chi connectivity index (χ0n) is 18.1. The predicted octanol–water partition coefficient (Wildman–Crippen LogP) is 1.83. The molecule has 3 heterocycles. The smallest absolute Gasteiger partial charge is 0.259 e. The lowest BCUT2D eigenvalue weighted by Gasteiger charge is -2.08. The average molecular weight is 433 g/mol. The summed E-state index contributed by atoms with van der Waals surface area (Å²) in [6, 6.07) is 3.61. The standard InChI is InChI=1S/C19H28N8O2S/c1-12(2)19-22-18(11-26(19)6)30(28,29)21-10-9-20-16-7-8-17(24-23-16)27-15(5)13(3)14(4)25-27/h7-8,11-12,21H,9-10H2,1-6H3,(H,20,23). The fourth-order valence-corrected chi connectivity index (χ4v) is 4.07. The lowest BCUT2D eigenvalue weighted by atomic mass is 10.2.